The van der Waals surface area contributed by atoms with Crippen molar-refractivity contribution in [3.63, 3.8) is 0 Å². The second-order valence-corrected chi connectivity index (χ2v) is 3.73. The maximum absolute atomic E-state index is 11.2. The summed E-state index contributed by atoms with van der Waals surface area (Å²) in [6, 6.07) is 15.7. The smallest absolute Gasteiger partial charge is 0.178 e. The topological polar surface area (TPSA) is 30.0 Å². The summed E-state index contributed by atoms with van der Waals surface area (Å²) in [6.45, 7) is 1.54. The highest BCUT2D eigenvalue weighted by atomic mass is 16.1. The van der Waals surface area contributed by atoms with Crippen LogP contribution in [-0.4, -0.2) is 10.8 Å². The molecule has 1 heterocycles. The molecule has 0 amide bonds. The normalized spacial score (nSPS) is 10.1. The van der Waals surface area contributed by atoms with E-state index in [9.17, 15) is 4.79 Å². The number of ketones is 1. The lowest BCUT2D eigenvalue weighted by molar-refractivity contribution is 0.101. The minimum absolute atomic E-state index is 0.00918. The number of hydrogen-bond donors (Lipinski definition) is 0. The summed E-state index contributed by atoms with van der Waals surface area (Å²) in [5.41, 5.74) is 2.67. The van der Waals surface area contributed by atoms with Gasteiger partial charge in [-0.25, -0.2) is 4.98 Å². The van der Waals surface area contributed by atoms with E-state index in [1.165, 1.54) is 12.5 Å². The predicted molar refractivity (Wildman–Crippen MR) is 63.5 cm³/mol. The van der Waals surface area contributed by atoms with Gasteiger partial charge in [-0.05, 0) is 17.7 Å². The minimum atomic E-state index is 0.00918. The molecule has 2 heteroatoms. The molecule has 0 aliphatic carbocycles. The summed E-state index contributed by atoms with van der Waals surface area (Å²) < 4.78 is 0. The second kappa shape index (κ2) is 4.71. The van der Waals surface area contributed by atoms with E-state index >= 15 is 0 Å². The number of Topliss-reactive ketones (excluding diaryl/α,β-unsaturated/α-hetero) is 1. The first-order valence-electron chi connectivity index (χ1n) is 5.26. The van der Waals surface area contributed by atoms with Gasteiger partial charge in [0.15, 0.2) is 5.78 Å². The lowest BCUT2D eigenvalue weighted by Gasteiger charge is -2.02. The van der Waals surface area contributed by atoms with Crippen LogP contribution in [0.4, 0.5) is 0 Å². The Kier molecular flexibility index (Phi) is 3.10. The second-order valence-electron chi connectivity index (χ2n) is 3.73. The van der Waals surface area contributed by atoms with E-state index in [4.69, 9.17) is 0 Å². The SMILES string of the molecule is CC(=O)c1cccc(Cc2ccccc2)n1. The molecule has 0 unspecified atom stereocenters. The number of aromatic nitrogens is 1. The van der Waals surface area contributed by atoms with Gasteiger partial charge >= 0.3 is 0 Å². The summed E-state index contributed by atoms with van der Waals surface area (Å²) in [5.74, 6) is 0.00918. The first kappa shape index (κ1) is 10.6. The molecule has 1 aromatic heterocycles. The van der Waals surface area contributed by atoms with Gasteiger partial charge in [0.1, 0.15) is 5.69 Å². The lowest BCUT2D eigenvalue weighted by Crippen LogP contribution is -2.00. The van der Waals surface area contributed by atoms with Gasteiger partial charge in [0.25, 0.3) is 0 Å². The molecule has 0 N–H and O–H groups in total. The predicted octanol–water partition coefficient (Wildman–Crippen LogP) is 2.88. The Bertz CT molecular complexity index is 491. The van der Waals surface area contributed by atoms with E-state index in [2.05, 4.69) is 17.1 Å². The number of nitrogens with zero attached hydrogens (tertiary/aromatic N) is 1. The molecule has 2 aromatic rings. The first-order valence-corrected chi connectivity index (χ1v) is 5.26. The Morgan fingerprint density at radius 1 is 1.06 bits per heavy atom. The third-order valence-electron chi connectivity index (χ3n) is 2.40. The zero-order valence-corrected chi connectivity index (χ0v) is 9.18. The van der Waals surface area contributed by atoms with Crippen LogP contribution < -0.4 is 0 Å². The van der Waals surface area contributed by atoms with Crippen LogP contribution in [0.1, 0.15) is 28.7 Å². The molecular weight excluding hydrogens is 198 g/mol. The van der Waals surface area contributed by atoms with E-state index in [1.54, 1.807) is 6.07 Å². The molecule has 0 spiro atoms. The highest BCUT2D eigenvalue weighted by Gasteiger charge is 2.02. The molecule has 0 aliphatic heterocycles. The van der Waals surface area contributed by atoms with Crippen LogP contribution in [0.2, 0.25) is 0 Å². The molecule has 0 radical (unpaired) electrons. The number of rotatable bonds is 3. The van der Waals surface area contributed by atoms with Crippen molar-refractivity contribution < 1.29 is 4.79 Å². The molecule has 16 heavy (non-hydrogen) atoms. The van der Waals surface area contributed by atoms with Gasteiger partial charge in [-0.2, -0.15) is 0 Å². The summed E-state index contributed by atoms with van der Waals surface area (Å²) in [7, 11) is 0. The van der Waals surface area contributed by atoms with Gasteiger partial charge in [0.2, 0.25) is 0 Å². The Morgan fingerprint density at radius 3 is 2.50 bits per heavy atom. The zero-order valence-electron chi connectivity index (χ0n) is 9.18. The van der Waals surface area contributed by atoms with Crippen molar-refractivity contribution >= 4 is 5.78 Å². The Morgan fingerprint density at radius 2 is 1.81 bits per heavy atom. The largest absolute Gasteiger partial charge is 0.293 e. The lowest BCUT2D eigenvalue weighted by atomic mass is 10.1. The van der Waals surface area contributed by atoms with Crippen molar-refractivity contribution in [2.75, 3.05) is 0 Å². The monoisotopic (exact) mass is 211 g/mol. The van der Waals surface area contributed by atoms with Crippen LogP contribution >= 0.6 is 0 Å². The quantitative estimate of drug-likeness (QED) is 0.731. The maximum Gasteiger partial charge on any atom is 0.178 e. The fourth-order valence-electron chi connectivity index (χ4n) is 1.58. The van der Waals surface area contributed by atoms with Gasteiger partial charge < -0.3 is 0 Å². The van der Waals surface area contributed by atoms with Crippen LogP contribution in [0.25, 0.3) is 0 Å². The van der Waals surface area contributed by atoms with Gasteiger partial charge in [0.05, 0.1) is 0 Å². The molecular formula is C14H13NO. The highest BCUT2D eigenvalue weighted by molar-refractivity contribution is 5.92. The van der Waals surface area contributed by atoms with Crippen LogP contribution in [0.3, 0.4) is 0 Å². The zero-order chi connectivity index (χ0) is 11.4. The number of hydrogen-bond acceptors (Lipinski definition) is 2. The number of benzene rings is 1. The van der Waals surface area contributed by atoms with E-state index in [1.807, 2.05) is 30.3 Å². The third-order valence-corrected chi connectivity index (χ3v) is 2.40. The van der Waals surface area contributed by atoms with E-state index in [0.29, 0.717) is 5.69 Å². The van der Waals surface area contributed by atoms with Gasteiger partial charge in [-0.3, -0.25) is 4.79 Å². The number of pyridine rings is 1. The van der Waals surface area contributed by atoms with Gasteiger partial charge in [0, 0.05) is 19.0 Å². The molecule has 2 nitrogen and oxygen atoms in total. The average molecular weight is 211 g/mol. The number of carbonyl (C=O) groups is 1. The Hall–Kier alpha value is -1.96. The van der Waals surface area contributed by atoms with Crippen LogP contribution in [0.15, 0.2) is 48.5 Å². The molecule has 80 valence electrons. The summed E-state index contributed by atoms with van der Waals surface area (Å²) in [5, 5.41) is 0. The fraction of sp³-hybridized carbons (Fsp3) is 0.143. The maximum atomic E-state index is 11.2. The van der Waals surface area contributed by atoms with E-state index in [-0.39, 0.29) is 5.78 Å². The summed E-state index contributed by atoms with van der Waals surface area (Å²) in [4.78, 5) is 15.5. The molecule has 0 bridgehead atoms. The molecule has 0 atom stereocenters. The molecule has 0 fully saturated rings. The van der Waals surface area contributed by atoms with Crippen molar-refractivity contribution in [3.8, 4) is 0 Å². The summed E-state index contributed by atoms with van der Waals surface area (Å²) >= 11 is 0. The van der Waals surface area contributed by atoms with Crippen LogP contribution in [0.5, 0.6) is 0 Å². The molecule has 0 saturated heterocycles. The molecule has 0 aliphatic rings. The van der Waals surface area contributed by atoms with Crippen LogP contribution in [0, 0.1) is 0 Å². The molecule has 1 aromatic carbocycles. The van der Waals surface area contributed by atoms with Crippen molar-refractivity contribution in [1.29, 1.82) is 0 Å². The van der Waals surface area contributed by atoms with Crippen LogP contribution in [-0.2, 0) is 6.42 Å². The Balaban J connectivity index is 2.22. The van der Waals surface area contributed by atoms with E-state index < -0.39 is 0 Å². The Labute approximate surface area is 95.0 Å². The third kappa shape index (κ3) is 2.54. The molecule has 2 rings (SSSR count). The van der Waals surface area contributed by atoms with Crippen molar-refractivity contribution in [2.45, 2.75) is 13.3 Å². The highest BCUT2D eigenvalue weighted by Crippen LogP contribution is 2.08. The molecule has 0 saturated carbocycles. The van der Waals surface area contributed by atoms with Crippen molar-refractivity contribution in [2.24, 2.45) is 0 Å². The fourth-order valence-corrected chi connectivity index (χ4v) is 1.58. The van der Waals surface area contributed by atoms with Crippen molar-refractivity contribution in [3.05, 3.63) is 65.5 Å². The van der Waals surface area contributed by atoms with Gasteiger partial charge in [-0.15, -0.1) is 0 Å². The van der Waals surface area contributed by atoms with Gasteiger partial charge in [-0.1, -0.05) is 36.4 Å². The average Bonchev–Trinajstić information content (AvgIpc) is 2.30. The van der Waals surface area contributed by atoms with Crippen molar-refractivity contribution in [1.82, 2.24) is 4.98 Å². The number of carbonyl (C=O) groups excluding carboxylic acids is 1. The first-order chi connectivity index (χ1) is 7.75. The van der Waals surface area contributed by atoms with E-state index in [0.717, 1.165) is 12.1 Å². The standard InChI is InChI=1S/C14H13NO/c1-11(16)14-9-5-8-13(15-14)10-12-6-3-2-4-7-12/h2-9H,10H2,1H3. The minimum Gasteiger partial charge on any atom is -0.293 e. The summed E-state index contributed by atoms with van der Waals surface area (Å²) in [6.07, 6.45) is 0.766.